The van der Waals surface area contributed by atoms with Crippen molar-refractivity contribution in [1.29, 1.82) is 0 Å². The number of hydrogen-bond donors (Lipinski definition) is 3. The molecule has 0 fully saturated rings. The number of rotatable bonds is 4. The van der Waals surface area contributed by atoms with Crippen LogP contribution in [0.5, 0.6) is 0 Å². The number of fused-ring (bicyclic) bond motifs is 1. The maximum Gasteiger partial charge on any atom is 0.243 e. The molecular weight excluding hydrogens is 322 g/mol. The van der Waals surface area contributed by atoms with E-state index in [0.29, 0.717) is 5.82 Å². The van der Waals surface area contributed by atoms with E-state index in [1.54, 1.807) is 30.7 Å². The van der Waals surface area contributed by atoms with Crippen LogP contribution in [0.1, 0.15) is 11.1 Å². The van der Waals surface area contributed by atoms with Crippen molar-refractivity contribution in [3.63, 3.8) is 0 Å². The van der Waals surface area contributed by atoms with Crippen LogP contribution in [-0.4, -0.2) is 23.0 Å². The zero-order chi connectivity index (χ0) is 17.1. The summed E-state index contributed by atoms with van der Waals surface area (Å²) >= 11 is 1.57. The number of carbonyl (C=O) groups excluding carboxylic acids is 1. The van der Waals surface area contributed by atoms with Crippen LogP contribution in [0.4, 0.5) is 5.82 Å². The van der Waals surface area contributed by atoms with Crippen molar-refractivity contribution in [2.75, 3.05) is 12.8 Å². The molecule has 122 valence electrons. The Kier molecular flexibility index (Phi) is 4.59. The van der Waals surface area contributed by atoms with Gasteiger partial charge in [-0.1, -0.05) is 24.3 Å². The highest BCUT2D eigenvalue weighted by atomic mass is 32.1. The molecule has 2 heterocycles. The molecule has 0 saturated heterocycles. The number of aliphatic hydroxyl groups is 1. The average molecular weight is 339 g/mol. The van der Waals surface area contributed by atoms with Gasteiger partial charge in [-0.05, 0) is 22.6 Å². The smallest absolute Gasteiger partial charge is 0.243 e. The number of nitrogen functional groups attached to an aromatic ring is 1. The number of nitrogens with one attached hydrogen (secondary N) is 1. The zero-order valence-electron chi connectivity index (χ0n) is 13.1. The standard InChI is InChI=1S/C18H17N3O2S/c1-20-15(23)7-6-13-8-21-18(19)16-14(10-24-17(13)16)12-4-2-11(9-22)3-5-12/h2-8,10,22H,9H2,1H3,(H2,19,21)(H,20,23)/b7-6+. The molecule has 0 saturated carbocycles. The van der Waals surface area contributed by atoms with Crippen LogP contribution in [-0.2, 0) is 11.4 Å². The fourth-order valence-corrected chi connectivity index (χ4v) is 3.54. The van der Waals surface area contributed by atoms with Gasteiger partial charge in [0.05, 0.1) is 6.61 Å². The summed E-state index contributed by atoms with van der Waals surface area (Å²) in [6.45, 7) is 0.0167. The summed E-state index contributed by atoms with van der Waals surface area (Å²) in [5.74, 6) is 0.293. The number of benzene rings is 1. The second kappa shape index (κ2) is 6.82. The Morgan fingerprint density at radius 3 is 2.79 bits per heavy atom. The van der Waals surface area contributed by atoms with Crippen LogP contribution in [0.25, 0.3) is 27.3 Å². The Bertz CT molecular complexity index is 914. The molecule has 24 heavy (non-hydrogen) atoms. The minimum absolute atomic E-state index is 0.0167. The van der Waals surface area contributed by atoms with E-state index in [4.69, 9.17) is 10.8 Å². The molecule has 0 bridgehead atoms. The Hall–Kier alpha value is -2.70. The summed E-state index contributed by atoms with van der Waals surface area (Å²) in [7, 11) is 1.59. The number of carbonyl (C=O) groups is 1. The molecule has 0 radical (unpaired) electrons. The third-order valence-corrected chi connectivity index (χ3v) is 4.79. The number of likely N-dealkylation sites (N-methyl/N-ethyl adjacent to an activating group) is 1. The van der Waals surface area contributed by atoms with Crippen LogP contribution in [0.2, 0.25) is 0 Å². The largest absolute Gasteiger partial charge is 0.392 e. The van der Waals surface area contributed by atoms with Gasteiger partial charge in [-0.2, -0.15) is 0 Å². The lowest BCUT2D eigenvalue weighted by molar-refractivity contribution is -0.115. The lowest BCUT2D eigenvalue weighted by atomic mass is 10.0. The maximum absolute atomic E-state index is 11.4. The molecule has 3 aromatic rings. The van der Waals surface area contributed by atoms with E-state index < -0.39 is 0 Å². The van der Waals surface area contributed by atoms with Gasteiger partial charge in [0.1, 0.15) is 5.82 Å². The number of thiophene rings is 1. The summed E-state index contributed by atoms with van der Waals surface area (Å²) in [5.41, 5.74) is 9.82. The van der Waals surface area contributed by atoms with E-state index in [2.05, 4.69) is 10.3 Å². The van der Waals surface area contributed by atoms with Gasteiger partial charge in [-0.15, -0.1) is 11.3 Å². The minimum atomic E-state index is -0.170. The van der Waals surface area contributed by atoms with E-state index >= 15 is 0 Å². The van der Waals surface area contributed by atoms with Crippen molar-refractivity contribution in [3.05, 3.63) is 53.0 Å². The Balaban J connectivity index is 2.11. The molecular formula is C18H17N3O2S. The molecule has 1 amide bonds. The molecule has 1 aromatic carbocycles. The molecule has 0 unspecified atom stereocenters. The minimum Gasteiger partial charge on any atom is -0.392 e. The van der Waals surface area contributed by atoms with Crippen molar-refractivity contribution in [1.82, 2.24) is 10.3 Å². The molecule has 3 rings (SSSR count). The number of aliphatic hydroxyl groups excluding tert-OH is 1. The Labute approximate surface area is 143 Å². The van der Waals surface area contributed by atoms with Crippen molar-refractivity contribution in [2.45, 2.75) is 6.61 Å². The van der Waals surface area contributed by atoms with Crippen molar-refractivity contribution < 1.29 is 9.90 Å². The third-order valence-electron chi connectivity index (χ3n) is 3.76. The molecule has 0 atom stereocenters. The highest BCUT2D eigenvalue weighted by Crippen LogP contribution is 2.38. The number of pyridine rings is 1. The van der Waals surface area contributed by atoms with Crippen molar-refractivity contribution in [3.8, 4) is 11.1 Å². The summed E-state index contributed by atoms with van der Waals surface area (Å²) in [6.07, 6.45) is 4.89. The predicted molar refractivity (Wildman–Crippen MR) is 98.5 cm³/mol. The third kappa shape index (κ3) is 3.02. The van der Waals surface area contributed by atoms with Crippen LogP contribution >= 0.6 is 11.3 Å². The highest BCUT2D eigenvalue weighted by Gasteiger charge is 2.13. The zero-order valence-corrected chi connectivity index (χ0v) is 13.9. The Morgan fingerprint density at radius 2 is 2.12 bits per heavy atom. The summed E-state index contributed by atoms with van der Waals surface area (Å²) < 4.78 is 0.990. The monoisotopic (exact) mass is 339 g/mol. The number of amides is 1. The molecule has 0 spiro atoms. The first kappa shape index (κ1) is 16.2. The van der Waals surface area contributed by atoms with E-state index in [1.807, 2.05) is 29.6 Å². The first-order chi connectivity index (χ1) is 11.6. The molecule has 0 aliphatic carbocycles. The Morgan fingerprint density at radius 1 is 1.38 bits per heavy atom. The molecule has 0 aliphatic rings. The van der Waals surface area contributed by atoms with Gasteiger partial charge >= 0.3 is 0 Å². The quantitative estimate of drug-likeness (QED) is 0.638. The van der Waals surface area contributed by atoms with Crippen LogP contribution in [0.15, 0.2) is 41.9 Å². The SMILES string of the molecule is CNC(=O)/C=C/c1cnc(N)c2c(-c3ccc(CO)cc3)csc12. The van der Waals surface area contributed by atoms with Gasteiger partial charge in [0.25, 0.3) is 0 Å². The van der Waals surface area contributed by atoms with Crippen LogP contribution < -0.4 is 11.1 Å². The van der Waals surface area contributed by atoms with Crippen LogP contribution in [0, 0.1) is 0 Å². The molecule has 0 aliphatic heterocycles. The first-order valence-electron chi connectivity index (χ1n) is 7.39. The van der Waals surface area contributed by atoms with Crippen molar-refractivity contribution >= 4 is 39.2 Å². The number of anilines is 1. The topological polar surface area (TPSA) is 88.2 Å². The lowest BCUT2D eigenvalue weighted by Gasteiger charge is -2.05. The number of nitrogens with two attached hydrogens (primary N) is 1. The number of nitrogens with zero attached hydrogens (tertiary/aromatic N) is 1. The summed E-state index contributed by atoms with van der Waals surface area (Å²) in [6, 6.07) is 7.69. The summed E-state index contributed by atoms with van der Waals surface area (Å²) in [4.78, 5) is 15.7. The van der Waals surface area contributed by atoms with E-state index in [1.165, 1.54) is 6.08 Å². The van der Waals surface area contributed by atoms with Gasteiger partial charge in [0.15, 0.2) is 0 Å². The average Bonchev–Trinajstić information content (AvgIpc) is 3.07. The van der Waals surface area contributed by atoms with E-state index in [9.17, 15) is 4.79 Å². The van der Waals surface area contributed by atoms with E-state index in [-0.39, 0.29) is 12.5 Å². The fraction of sp³-hybridized carbons (Fsp3) is 0.111. The predicted octanol–water partition coefficient (Wildman–Crippen LogP) is 2.80. The van der Waals surface area contributed by atoms with Gasteiger partial charge in [-0.3, -0.25) is 4.79 Å². The molecule has 4 N–H and O–H groups in total. The van der Waals surface area contributed by atoms with Crippen molar-refractivity contribution in [2.24, 2.45) is 0 Å². The van der Waals surface area contributed by atoms with Gasteiger partial charge < -0.3 is 16.2 Å². The van der Waals surface area contributed by atoms with E-state index in [0.717, 1.165) is 32.3 Å². The molecule has 6 heteroatoms. The molecule has 5 nitrogen and oxygen atoms in total. The number of hydrogen-bond acceptors (Lipinski definition) is 5. The second-order valence-corrected chi connectivity index (χ2v) is 6.13. The first-order valence-corrected chi connectivity index (χ1v) is 8.27. The number of aromatic nitrogens is 1. The normalized spacial score (nSPS) is 11.2. The van der Waals surface area contributed by atoms with Crippen LogP contribution in [0.3, 0.4) is 0 Å². The second-order valence-electron chi connectivity index (χ2n) is 5.25. The van der Waals surface area contributed by atoms with Gasteiger partial charge in [-0.25, -0.2) is 4.98 Å². The maximum atomic E-state index is 11.4. The van der Waals surface area contributed by atoms with Gasteiger partial charge in [0, 0.05) is 40.5 Å². The summed E-state index contributed by atoms with van der Waals surface area (Å²) in [5, 5.41) is 14.6. The lowest BCUT2D eigenvalue weighted by Crippen LogP contribution is -2.13. The highest BCUT2D eigenvalue weighted by molar-refractivity contribution is 7.18. The molecule has 2 aromatic heterocycles. The van der Waals surface area contributed by atoms with Gasteiger partial charge in [0.2, 0.25) is 5.91 Å². The fourth-order valence-electron chi connectivity index (χ4n) is 2.46.